The van der Waals surface area contributed by atoms with E-state index >= 15 is 0 Å². The van der Waals surface area contributed by atoms with Gasteiger partial charge in [0.2, 0.25) is 11.8 Å². The SMILES string of the molecule is CCCCN1C[C@H](C(=O)N[C@@H](Cc2cc(F)cc(F)c2)[C@H](O)[C@H]2CCCN2)[C@@H](CC)C1=O. The summed E-state index contributed by atoms with van der Waals surface area (Å²) in [5.74, 6) is -2.57. The van der Waals surface area contributed by atoms with E-state index < -0.39 is 29.7 Å². The molecule has 5 atom stereocenters. The molecule has 1 aromatic rings. The van der Waals surface area contributed by atoms with E-state index in [1.165, 1.54) is 12.1 Å². The van der Waals surface area contributed by atoms with Crippen molar-refractivity contribution in [1.29, 1.82) is 0 Å². The van der Waals surface area contributed by atoms with Crippen molar-refractivity contribution in [3.05, 3.63) is 35.4 Å². The number of likely N-dealkylation sites (tertiary alicyclic amines) is 1. The standard InChI is InChI=1S/C24H35F2N3O3/c1-3-5-9-29-14-19(18(4-2)24(29)32)23(31)28-21(22(30)20-7-6-8-27-20)12-15-10-16(25)13-17(26)11-15/h10-11,13,18-22,27,30H,3-9,12,14H2,1-2H3,(H,28,31)/t18-,19+,20-,21+,22-/m1/s1. The highest BCUT2D eigenvalue weighted by molar-refractivity contribution is 5.91. The quantitative estimate of drug-likeness (QED) is 0.510. The van der Waals surface area contributed by atoms with E-state index in [4.69, 9.17) is 0 Å². The molecule has 0 bridgehead atoms. The fourth-order valence-corrected chi connectivity index (χ4v) is 4.95. The van der Waals surface area contributed by atoms with Crippen LogP contribution in [0.15, 0.2) is 18.2 Å². The number of carbonyl (C=O) groups is 2. The molecule has 2 saturated heterocycles. The summed E-state index contributed by atoms with van der Waals surface area (Å²) in [4.78, 5) is 27.8. The monoisotopic (exact) mass is 451 g/mol. The Kier molecular flexibility index (Phi) is 8.59. The molecule has 0 aromatic heterocycles. The topological polar surface area (TPSA) is 81.7 Å². The Morgan fingerprint density at radius 2 is 2.00 bits per heavy atom. The molecule has 2 aliphatic heterocycles. The molecule has 178 valence electrons. The van der Waals surface area contributed by atoms with E-state index in [0.29, 0.717) is 25.1 Å². The zero-order valence-corrected chi connectivity index (χ0v) is 18.9. The highest BCUT2D eigenvalue weighted by Crippen LogP contribution is 2.29. The predicted molar refractivity (Wildman–Crippen MR) is 118 cm³/mol. The van der Waals surface area contributed by atoms with Gasteiger partial charge in [0.15, 0.2) is 0 Å². The Labute approximate surface area is 188 Å². The number of aliphatic hydroxyl groups excluding tert-OH is 1. The Morgan fingerprint density at radius 3 is 2.59 bits per heavy atom. The minimum Gasteiger partial charge on any atom is -0.389 e. The zero-order chi connectivity index (χ0) is 23.3. The molecule has 2 amide bonds. The second-order valence-electron chi connectivity index (χ2n) is 9.05. The molecule has 6 nitrogen and oxygen atoms in total. The van der Waals surface area contributed by atoms with Crippen molar-refractivity contribution in [2.45, 2.75) is 70.6 Å². The van der Waals surface area contributed by atoms with Crippen molar-refractivity contribution in [1.82, 2.24) is 15.5 Å². The van der Waals surface area contributed by atoms with Gasteiger partial charge in [0.1, 0.15) is 11.6 Å². The summed E-state index contributed by atoms with van der Waals surface area (Å²) in [5, 5.41) is 17.2. The van der Waals surface area contributed by atoms with Crippen LogP contribution in [0.5, 0.6) is 0 Å². The van der Waals surface area contributed by atoms with Crippen molar-refractivity contribution >= 4 is 11.8 Å². The molecular formula is C24H35F2N3O3. The molecule has 2 fully saturated rings. The van der Waals surface area contributed by atoms with Gasteiger partial charge in [-0.25, -0.2) is 8.78 Å². The maximum absolute atomic E-state index is 13.7. The van der Waals surface area contributed by atoms with Gasteiger partial charge < -0.3 is 20.6 Å². The van der Waals surface area contributed by atoms with Crippen LogP contribution in [0, 0.1) is 23.5 Å². The predicted octanol–water partition coefficient (Wildman–Crippen LogP) is 2.39. The highest BCUT2D eigenvalue weighted by Gasteiger charge is 2.44. The maximum atomic E-state index is 13.7. The van der Waals surface area contributed by atoms with Crippen molar-refractivity contribution in [2.24, 2.45) is 11.8 Å². The largest absolute Gasteiger partial charge is 0.389 e. The van der Waals surface area contributed by atoms with Gasteiger partial charge in [-0.15, -0.1) is 0 Å². The number of rotatable bonds is 10. The number of nitrogens with one attached hydrogen (secondary N) is 2. The molecule has 2 aliphatic rings. The number of hydrogen-bond donors (Lipinski definition) is 3. The van der Waals surface area contributed by atoms with Crippen LogP contribution in [0.3, 0.4) is 0 Å². The number of hydrogen-bond acceptors (Lipinski definition) is 4. The summed E-state index contributed by atoms with van der Waals surface area (Å²) in [7, 11) is 0. The van der Waals surface area contributed by atoms with E-state index in [2.05, 4.69) is 17.6 Å². The van der Waals surface area contributed by atoms with Crippen LogP contribution < -0.4 is 10.6 Å². The van der Waals surface area contributed by atoms with Crippen molar-refractivity contribution < 1.29 is 23.5 Å². The lowest BCUT2D eigenvalue weighted by molar-refractivity contribution is -0.133. The average molecular weight is 452 g/mol. The van der Waals surface area contributed by atoms with E-state index in [-0.39, 0.29) is 30.2 Å². The number of aliphatic hydroxyl groups is 1. The molecule has 32 heavy (non-hydrogen) atoms. The molecule has 0 unspecified atom stereocenters. The number of unbranched alkanes of at least 4 members (excludes halogenated alkanes) is 1. The first kappa shape index (κ1) is 24.6. The van der Waals surface area contributed by atoms with Crippen LogP contribution in [0.4, 0.5) is 8.78 Å². The van der Waals surface area contributed by atoms with E-state index in [1.54, 1.807) is 4.90 Å². The van der Waals surface area contributed by atoms with Gasteiger partial charge >= 0.3 is 0 Å². The third kappa shape index (κ3) is 5.84. The van der Waals surface area contributed by atoms with Crippen molar-refractivity contribution in [2.75, 3.05) is 19.6 Å². The number of nitrogens with zero attached hydrogens (tertiary/aromatic N) is 1. The average Bonchev–Trinajstić information content (AvgIpc) is 3.38. The molecule has 0 aliphatic carbocycles. The lowest BCUT2D eigenvalue weighted by Gasteiger charge is -2.30. The van der Waals surface area contributed by atoms with Crippen molar-refractivity contribution in [3.63, 3.8) is 0 Å². The zero-order valence-electron chi connectivity index (χ0n) is 18.9. The first-order chi connectivity index (χ1) is 15.3. The normalized spacial score (nSPS) is 25.2. The summed E-state index contributed by atoms with van der Waals surface area (Å²) in [6.45, 7) is 5.73. The summed E-state index contributed by atoms with van der Waals surface area (Å²) in [6, 6.07) is 2.31. The van der Waals surface area contributed by atoms with Gasteiger partial charge in [0, 0.05) is 25.2 Å². The van der Waals surface area contributed by atoms with Gasteiger partial charge in [-0.2, -0.15) is 0 Å². The fraction of sp³-hybridized carbons (Fsp3) is 0.667. The smallest absolute Gasteiger partial charge is 0.226 e. The number of halogens is 2. The van der Waals surface area contributed by atoms with Crippen LogP contribution in [-0.4, -0.2) is 59.6 Å². The highest BCUT2D eigenvalue weighted by atomic mass is 19.1. The van der Waals surface area contributed by atoms with E-state index in [1.807, 2.05) is 6.92 Å². The molecule has 0 spiro atoms. The molecule has 8 heteroatoms. The van der Waals surface area contributed by atoms with Gasteiger partial charge in [0.25, 0.3) is 0 Å². The summed E-state index contributed by atoms with van der Waals surface area (Å²) in [5.41, 5.74) is 0.365. The van der Waals surface area contributed by atoms with Gasteiger partial charge in [-0.1, -0.05) is 20.3 Å². The molecular weight excluding hydrogens is 416 g/mol. The molecule has 1 aromatic carbocycles. The summed E-state index contributed by atoms with van der Waals surface area (Å²) < 4.78 is 27.5. The van der Waals surface area contributed by atoms with Crippen LogP contribution in [0.2, 0.25) is 0 Å². The molecule has 3 rings (SSSR count). The second kappa shape index (κ2) is 11.2. The summed E-state index contributed by atoms with van der Waals surface area (Å²) >= 11 is 0. The van der Waals surface area contributed by atoms with Gasteiger partial charge in [-0.05, 0) is 56.3 Å². The second-order valence-corrected chi connectivity index (χ2v) is 9.05. The van der Waals surface area contributed by atoms with Crippen LogP contribution in [0.25, 0.3) is 0 Å². The van der Waals surface area contributed by atoms with Gasteiger partial charge in [0.05, 0.1) is 24.0 Å². The maximum Gasteiger partial charge on any atom is 0.226 e. The third-order valence-electron chi connectivity index (χ3n) is 6.72. The number of amides is 2. The Morgan fingerprint density at radius 1 is 1.28 bits per heavy atom. The Hall–Kier alpha value is -2.06. The Balaban J connectivity index is 1.76. The van der Waals surface area contributed by atoms with Crippen LogP contribution in [0.1, 0.15) is 51.5 Å². The third-order valence-corrected chi connectivity index (χ3v) is 6.72. The van der Waals surface area contributed by atoms with E-state index in [0.717, 1.165) is 38.3 Å². The van der Waals surface area contributed by atoms with Crippen LogP contribution >= 0.6 is 0 Å². The molecule has 2 heterocycles. The lowest BCUT2D eigenvalue weighted by atomic mass is 9.90. The number of carbonyl (C=O) groups excluding carboxylic acids is 2. The first-order valence-corrected chi connectivity index (χ1v) is 11.8. The minimum absolute atomic E-state index is 0.00265. The minimum atomic E-state index is -0.916. The fourth-order valence-electron chi connectivity index (χ4n) is 4.95. The van der Waals surface area contributed by atoms with Crippen molar-refractivity contribution in [3.8, 4) is 0 Å². The van der Waals surface area contributed by atoms with Gasteiger partial charge in [-0.3, -0.25) is 9.59 Å². The van der Waals surface area contributed by atoms with Crippen LogP contribution in [-0.2, 0) is 16.0 Å². The molecule has 0 radical (unpaired) electrons. The lowest BCUT2D eigenvalue weighted by Crippen LogP contribution is -2.54. The molecule has 0 saturated carbocycles. The first-order valence-electron chi connectivity index (χ1n) is 11.8. The number of benzene rings is 1. The van der Waals surface area contributed by atoms with E-state index in [9.17, 15) is 23.5 Å². The summed E-state index contributed by atoms with van der Waals surface area (Å²) in [6.07, 6.45) is 3.26. The Bertz CT molecular complexity index is 780. The molecule has 3 N–H and O–H groups in total.